The first-order valence-electron chi connectivity index (χ1n) is 7.80. The van der Waals surface area contributed by atoms with Gasteiger partial charge in [-0.1, -0.05) is 19.9 Å². The second kappa shape index (κ2) is 7.42. The van der Waals surface area contributed by atoms with E-state index in [1.807, 2.05) is 20.8 Å². The Bertz CT molecular complexity index is 658. The molecule has 1 atom stereocenters. The molecule has 0 saturated carbocycles. The summed E-state index contributed by atoms with van der Waals surface area (Å²) in [5.41, 5.74) is 0.498. The van der Waals surface area contributed by atoms with Crippen LogP contribution < -0.4 is 5.32 Å². The van der Waals surface area contributed by atoms with Crippen molar-refractivity contribution >= 4 is 21.6 Å². The first-order chi connectivity index (χ1) is 10.8. The number of sulfonamides is 1. The standard InChI is InChI=1S/C16H24N2O4S/c1-12(2)9-16(19)17-14-5-4-6-15(10-14)23(20,21)18-7-8-22-13(3)11-18/h4-6,10,12-13H,7-9,11H2,1-3H3,(H,17,19). The van der Waals surface area contributed by atoms with Crippen LogP contribution in [0.1, 0.15) is 27.2 Å². The Kier molecular flexibility index (Phi) is 5.78. The van der Waals surface area contributed by atoms with Gasteiger partial charge in [0.15, 0.2) is 0 Å². The lowest BCUT2D eigenvalue weighted by Gasteiger charge is -2.30. The van der Waals surface area contributed by atoms with Gasteiger partial charge < -0.3 is 10.1 Å². The first kappa shape index (κ1) is 17.9. The van der Waals surface area contributed by atoms with E-state index in [0.29, 0.717) is 31.8 Å². The predicted molar refractivity (Wildman–Crippen MR) is 88.7 cm³/mol. The van der Waals surface area contributed by atoms with Crippen LogP contribution in [0, 0.1) is 5.92 Å². The van der Waals surface area contributed by atoms with Crippen LogP contribution in [0.25, 0.3) is 0 Å². The van der Waals surface area contributed by atoms with Gasteiger partial charge in [0.2, 0.25) is 15.9 Å². The number of amides is 1. The predicted octanol–water partition coefficient (Wildman–Crippen LogP) is 2.08. The van der Waals surface area contributed by atoms with Crippen molar-refractivity contribution in [3.63, 3.8) is 0 Å². The zero-order valence-corrected chi connectivity index (χ0v) is 14.6. The quantitative estimate of drug-likeness (QED) is 0.890. The molecular weight excluding hydrogens is 316 g/mol. The molecule has 0 aliphatic carbocycles. The number of rotatable bonds is 5. The number of nitrogens with zero attached hydrogens (tertiary/aromatic N) is 1. The van der Waals surface area contributed by atoms with Crippen molar-refractivity contribution in [1.29, 1.82) is 0 Å². The minimum absolute atomic E-state index is 0.116. The van der Waals surface area contributed by atoms with Crippen LogP contribution in [0.5, 0.6) is 0 Å². The normalized spacial score (nSPS) is 19.7. The molecule has 2 rings (SSSR count). The summed E-state index contributed by atoms with van der Waals surface area (Å²) < 4.78 is 32.2. The molecule has 6 nitrogen and oxygen atoms in total. The van der Waals surface area contributed by atoms with Crippen molar-refractivity contribution in [3.8, 4) is 0 Å². The Morgan fingerprint density at radius 3 is 2.83 bits per heavy atom. The minimum Gasteiger partial charge on any atom is -0.376 e. The second-order valence-electron chi connectivity index (χ2n) is 6.22. The van der Waals surface area contributed by atoms with E-state index in [4.69, 9.17) is 4.74 Å². The van der Waals surface area contributed by atoms with Gasteiger partial charge in [0, 0.05) is 25.2 Å². The van der Waals surface area contributed by atoms with E-state index in [-0.39, 0.29) is 22.8 Å². The van der Waals surface area contributed by atoms with Crippen molar-refractivity contribution in [3.05, 3.63) is 24.3 Å². The molecule has 1 heterocycles. The van der Waals surface area contributed by atoms with Crippen LogP contribution in [0.15, 0.2) is 29.2 Å². The van der Waals surface area contributed by atoms with E-state index in [2.05, 4.69) is 5.32 Å². The van der Waals surface area contributed by atoms with E-state index >= 15 is 0 Å². The van der Waals surface area contributed by atoms with E-state index in [9.17, 15) is 13.2 Å². The number of benzene rings is 1. The minimum atomic E-state index is -3.57. The number of carbonyl (C=O) groups excluding carboxylic acids is 1. The van der Waals surface area contributed by atoms with Crippen LogP contribution in [0.4, 0.5) is 5.69 Å². The molecule has 1 fully saturated rings. The highest BCUT2D eigenvalue weighted by Crippen LogP contribution is 2.22. The van der Waals surface area contributed by atoms with Gasteiger partial charge in [-0.15, -0.1) is 0 Å². The van der Waals surface area contributed by atoms with E-state index < -0.39 is 10.0 Å². The fourth-order valence-electron chi connectivity index (χ4n) is 2.47. The van der Waals surface area contributed by atoms with Crippen LogP contribution in [0.3, 0.4) is 0 Å². The van der Waals surface area contributed by atoms with Crippen molar-refractivity contribution in [1.82, 2.24) is 4.31 Å². The molecule has 0 bridgehead atoms. The Labute approximate surface area is 137 Å². The van der Waals surface area contributed by atoms with Crippen molar-refractivity contribution in [2.75, 3.05) is 25.0 Å². The lowest BCUT2D eigenvalue weighted by Crippen LogP contribution is -2.44. The molecule has 1 N–H and O–H groups in total. The van der Waals surface area contributed by atoms with Crippen molar-refractivity contribution in [2.45, 2.75) is 38.2 Å². The maximum Gasteiger partial charge on any atom is 0.243 e. The molecule has 1 saturated heterocycles. The molecule has 23 heavy (non-hydrogen) atoms. The number of nitrogens with one attached hydrogen (secondary N) is 1. The van der Waals surface area contributed by atoms with Gasteiger partial charge in [0.1, 0.15) is 0 Å². The zero-order chi connectivity index (χ0) is 17.0. The maximum atomic E-state index is 12.7. The highest BCUT2D eigenvalue weighted by atomic mass is 32.2. The molecule has 128 valence electrons. The van der Waals surface area contributed by atoms with E-state index in [0.717, 1.165) is 0 Å². The molecule has 0 spiro atoms. The van der Waals surface area contributed by atoms with E-state index in [1.54, 1.807) is 18.2 Å². The molecule has 1 unspecified atom stereocenters. The van der Waals surface area contributed by atoms with Crippen LogP contribution >= 0.6 is 0 Å². The fourth-order valence-corrected chi connectivity index (χ4v) is 4.02. The zero-order valence-electron chi connectivity index (χ0n) is 13.8. The van der Waals surface area contributed by atoms with Gasteiger partial charge in [0.25, 0.3) is 0 Å². The lowest BCUT2D eigenvalue weighted by atomic mass is 10.1. The number of anilines is 1. The molecule has 1 aromatic carbocycles. The Balaban J connectivity index is 2.16. The Morgan fingerprint density at radius 1 is 1.43 bits per heavy atom. The SMILES string of the molecule is CC(C)CC(=O)Nc1cccc(S(=O)(=O)N2CCOC(C)C2)c1. The highest BCUT2D eigenvalue weighted by molar-refractivity contribution is 7.89. The summed E-state index contributed by atoms with van der Waals surface area (Å²) in [5.74, 6) is 0.131. The van der Waals surface area contributed by atoms with Gasteiger partial charge in [0.05, 0.1) is 17.6 Å². The van der Waals surface area contributed by atoms with Crippen LogP contribution in [0.2, 0.25) is 0 Å². The summed E-state index contributed by atoms with van der Waals surface area (Å²) in [6, 6.07) is 6.39. The molecule has 0 aromatic heterocycles. The summed E-state index contributed by atoms with van der Waals surface area (Å²) in [6.45, 7) is 6.85. The second-order valence-corrected chi connectivity index (χ2v) is 8.16. The summed E-state index contributed by atoms with van der Waals surface area (Å²) in [7, 11) is -3.57. The molecule has 7 heteroatoms. The summed E-state index contributed by atoms with van der Waals surface area (Å²) in [5, 5.41) is 2.75. The van der Waals surface area contributed by atoms with Gasteiger partial charge in [-0.25, -0.2) is 8.42 Å². The third-order valence-electron chi connectivity index (χ3n) is 3.55. The fraction of sp³-hybridized carbons (Fsp3) is 0.562. The maximum absolute atomic E-state index is 12.7. The van der Waals surface area contributed by atoms with Crippen molar-refractivity contribution < 1.29 is 17.9 Å². The third-order valence-corrected chi connectivity index (χ3v) is 5.41. The van der Waals surface area contributed by atoms with Crippen LogP contribution in [-0.2, 0) is 19.6 Å². The van der Waals surface area contributed by atoms with E-state index in [1.165, 1.54) is 10.4 Å². The topological polar surface area (TPSA) is 75.7 Å². The molecular formula is C16H24N2O4S. The van der Waals surface area contributed by atoms with Gasteiger partial charge in [-0.3, -0.25) is 4.79 Å². The van der Waals surface area contributed by atoms with Gasteiger partial charge in [-0.2, -0.15) is 4.31 Å². The number of morpholine rings is 1. The summed E-state index contributed by atoms with van der Waals surface area (Å²) in [4.78, 5) is 12.0. The largest absolute Gasteiger partial charge is 0.376 e. The third kappa shape index (κ3) is 4.76. The number of ether oxygens (including phenoxy) is 1. The lowest BCUT2D eigenvalue weighted by molar-refractivity contribution is -0.116. The highest BCUT2D eigenvalue weighted by Gasteiger charge is 2.29. The average molecular weight is 340 g/mol. The summed E-state index contributed by atoms with van der Waals surface area (Å²) >= 11 is 0. The number of hydrogen-bond acceptors (Lipinski definition) is 4. The summed E-state index contributed by atoms with van der Waals surface area (Å²) in [6.07, 6.45) is 0.283. The molecule has 1 aliphatic heterocycles. The molecule has 1 aromatic rings. The Hall–Kier alpha value is -1.44. The molecule has 1 amide bonds. The monoisotopic (exact) mass is 340 g/mol. The van der Waals surface area contributed by atoms with Crippen molar-refractivity contribution in [2.24, 2.45) is 5.92 Å². The van der Waals surface area contributed by atoms with Gasteiger partial charge in [-0.05, 0) is 31.0 Å². The average Bonchev–Trinajstić information content (AvgIpc) is 2.46. The molecule has 0 radical (unpaired) electrons. The molecule has 1 aliphatic rings. The first-order valence-corrected chi connectivity index (χ1v) is 9.24. The van der Waals surface area contributed by atoms with Gasteiger partial charge >= 0.3 is 0 Å². The Morgan fingerprint density at radius 2 is 2.17 bits per heavy atom. The van der Waals surface area contributed by atoms with Crippen LogP contribution in [-0.4, -0.2) is 44.4 Å². The smallest absolute Gasteiger partial charge is 0.243 e. The number of hydrogen-bond donors (Lipinski definition) is 1. The number of carbonyl (C=O) groups is 1.